The number of aromatic amines is 1. The second-order valence-corrected chi connectivity index (χ2v) is 5.70. The molecule has 1 unspecified atom stereocenters. The zero-order valence-electron chi connectivity index (χ0n) is 9.74. The van der Waals surface area contributed by atoms with E-state index < -0.39 is 0 Å². The van der Waals surface area contributed by atoms with Crippen molar-refractivity contribution in [3.8, 4) is 0 Å². The van der Waals surface area contributed by atoms with Crippen LogP contribution in [0, 0.1) is 0 Å². The van der Waals surface area contributed by atoms with Gasteiger partial charge in [-0.25, -0.2) is 4.98 Å². The summed E-state index contributed by atoms with van der Waals surface area (Å²) in [5, 5.41) is 3.48. The molecule has 0 aliphatic heterocycles. The van der Waals surface area contributed by atoms with Crippen LogP contribution in [-0.4, -0.2) is 16.5 Å². The van der Waals surface area contributed by atoms with Crippen molar-refractivity contribution in [3.63, 3.8) is 0 Å². The normalized spacial score (nSPS) is 12.8. The van der Waals surface area contributed by atoms with Gasteiger partial charge in [-0.3, -0.25) is 0 Å². The van der Waals surface area contributed by atoms with Gasteiger partial charge in [0.25, 0.3) is 0 Å². The van der Waals surface area contributed by atoms with E-state index in [1.54, 1.807) is 17.5 Å². The minimum atomic E-state index is 0.365. The topological polar surface area (TPSA) is 40.7 Å². The van der Waals surface area contributed by atoms with Crippen LogP contribution in [0.1, 0.15) is 30.1 Å². The Kier molecular flexibility index (Phi) is 4.59. The van der Waals surface area contributed by atoms with Crippen LogP contribution >= 0.6 is 22.9 Å². The Morgan fingerprint density at radius 2 is 2.41 bits per heavy atom. The van der Waals surface area contributed by atoms with E-state index in [1.807, 2.05) is 12.3 Å². The van der Waals surface area contributed by atoms with Crippen LogP contribution in [0.15, 0.2) is 24.5 Å². The minimum absolute atomic E-state index is 0.365. The standard InChI is InChI=1S/C12H16ClN3S/c1-9(10-4-5-11(13)17-10)14-6-2-3-12-15-7-8-16-12/h4-5,7-9,14H,2-3,6H2,1H3,(H,15,16). The Hall–Kier alpha value is -0.840. The van der Waals surface area contributed by atoms with Crippen molar-refractivity contribution in [3.05, 3.63) is 39.6 Å². The van der Waals surface area contributed by atoms with E-state index in [0.717, 1.165) is 29.5 Å². The molecular weight excluding hydrogens is 254 g/mol. The van der Waals surface area contributed by atoms with Gasteiger partial charge in [0.15, 0.2) is 0 Å². The molecule has 2 aromatic rings. The molecule has 92 valence electrons. The molecule has 0 aliphatic rings. The number of H-pyrrole nitrogens is 1. The van der Waals surface area contributed by atoms with Gasteiger partial charge in [0.05, 0.1) is 4.34 Å². The Morgan fingerprint density at radius 1 is 1.53 bits per heavy atom. The summed E-state index contributed by atoms with van der Waals surface area (Å²) in [6, 6.07) is 4.39. The summed E-state index contributed by atoms with van der Waals surface area (Å²) in [4.78, 5) is 8.59. The average Bonchev–Trinajstić information content (AvgIpc) is 2.95. The van der Waals surface area contributed by atoms with Crippen molar-refractivity contribution in [1.82, 2.24) is 15.3 Å². The van der Waals surface area contributed by atoms with Crippen LogP contribution in [-0.2, 0) is 6.42 Å². The number of hydrogen-bond acceptors (Lipinski definition) is 3. The lowest BCUT2D eigenvalue weighted by Gasteiger charge is -2.11. The summed E-state index contributed by atoms with van der Waals surface area (Å²) >= 11 is 7.55. The molecule has 0 bridgehead atoms. The zero-order valence-corrected chi connectivity index (χ0v) is 11.3. The molecule has 0 fully saturated rings. The van der Waals surface area contributed by atoms with Gasteiger partial charge in [-0.1, -0.05) is 11.6 Å². The molecule has 2 N–H and O–H groups in total. The van der Waals surface area contributed by atoms with Crippen LogP contribution < -0.4 is 5.32 Å². The predicted octanol–water partition coefficient (Wildman–Crippen LogP) is 3.41. The predicted molar refractivity (Wildman–Crippen MR) is 72.7 cm³/mol. The summed E-state index contributed by atoms with van der Waals surface area (Å²) in [5.41, 5.74) is 0. The lowest BCUT2D eigenvalue weighted by Crippen LogP contribution is -2.19. The molecule has 0 saturated carbocycles. The number of aryl methyl sites for hydroxylation is 1. The third-order valence-electron chi connectivity index (χ3n) is 2.62. The van der Waals surface area contributed by atoms with Crippen molar-refractivity contribution < 1.29 is 0 Å². The van der Waals surface area contributed by atoms with Gasteiger partial charge in [0, 0.05) is 29.7 Å². The monoisotopic (exact) mass is 269 g/mol. The van der Waals surface area contributed by atoms with Gasteiger partial charge in [-0.2, -0.15) is 0 Å². The molecule has 3 nitrogen and oxygen atoms in total. The number of imidazole rings is 1. The van der Waals surface area contributed by atoms with Crippen molar-refractivity contribution in [2.24, 2.45) is 0 Å². The van der Waals surface area contributed by atoms with Gasteiger partial charge in [-0.15, -0.1) is 11.3 Å². The largest absolute Gasteiger partial charge is 0.349 e. The second-order valence-electron chi connectivity index (χ2n) is 3.96. The minimum Gasteiger partial charge on any atom is -0.349 e. The Morgan fingerprint density at radius 3 is 3.06 bits per heavy atom. The molecule has 1 atom stereocenters. The van der Waals surface area contributed by atoms with E-state index in [9.17, 15) is 0 Å². The summed E-state index contributed by atoms with van der Waals surface area (Å²) in [6.07, 6.45) is 5.72. The van der Waals surface area contributed by atoms with Crippen molar-refractivity contribution in [2.75, 3.05) is 6.54 Å². The van der Waals surface area contributed by atoms with E-state index in [2.05, 4.69) is 28.3 Å². The number of aromatic nitrogens is 2. The molecule has 0 saturated heterocycles. The molecule has 5 heteroatoms. The van der Waals surface area contributed by atoms with E-state index in [-0.39, 0.29) is 0 Å². The molecule has 2 aromatic heterocycles. The first-order valence-electron chi connectivity index (χ1n) is 5.72. The number of halogens is 1. The maximum atomic E-state index is 5.91. The van der Waals surface area contributed by atoms with E-state index in [4.69, 9.17) is 11.6 Å². The second kappa shape index (κ2) is 6.19. The number of rotatable bonds is 6. The Bertz CT molecular complexity index is 438. The van der Waals surface area contributed by atoms with Gasteiger partial charge in [-0.05, 0) is 32.0 Å². The molecule has 0 aromatic carbocycles. The Balaban J connectivity index is 1.68. The number of nitrogens with one attached hydrogen (secondary N) is 2. The fourth-order valence-electron chi connectivity index (χ4n) is 1.67. The number of nitrogens with zero attached hydrogens (tertiary/aromatic N) is 1. The molecule has 17 heavy (non-hydrogen) atoms. The quantitative estimate of drug-likeness (QED) is 0.789. The third kappa shape index (κ3) is 3.84. The first kappa shape index (κ1) is 12.6. The molecule has 2 rings (SSSR count). The maximum Gasteiger partial charge on any atom is 0.106 e. The number of hydrogen-bond donors (Lipinski definition) is 2. The molecule has 0 radical (unpaired) electrons. The van der Waals surface area contributed by atoms with Crippen LogP contribution in [0.2, 0.25) is 4.34 Å². The van der Waals surface area contributed by atoms with Crippen molar-refractivity contribution >= 4 is 22.9 Å². The highest BCUT2D eigenvalue weighted by molar-refractivity contribution is 7.16. The van der Waals surface area contributed by atoms with Crippen molar-refractivity contribution in [2.45, 2.75) is 25.8 Å². The van der Waals surface area contributed by atoms with Crippen LogP contribution in [0.3, 0.4) is 0 Å². The first-order chi connectivity index (χ1) is 8.25. The van der Waals surface area contributed by atoms with Crippen LogP contribution in [0.5, 0.6) is 0 Å². The van der Waals surface area contributed by atoms with Gasteiger partial charge in [0.2, 0.25) is 0 Å². The molecule has 0 aliphatic carbocycles. The average molecular weight is 270 g/mol. The SMILES string of the molecule is CC(NCCCc1ncc[nH]1)c1ccc(Cl)s1. The molecular formula is C12H16ClN3S. The van der Waals surface area contributed by atoms with Gasteiger partial charge >= 0.3 is 0 Å². The molecule has 2 heterocycles. The summed E-state index contributed by atoms with van der Waals surface area (Å²) in [6.45, 7) is 3.15. The first-order valence-corrected chi connectivity index (χ1v) is 6.92. The summed E-state index contributed by atoms with van der Waals surface area (Å²) < 4.78 is 0.851. The third-order valence-corrected chi connectivity index (χ3v) is 4.03. The lowest BCUT2D eigenvalue weighted by molar-refractivity contribution is 0.561. The maximum absolute atomic E-state index is 5.91. The lowest BCUT2D eigenvalue weighted by atomic mass is 10.2. The highest BCUT2D eigenvalue weighted by Gasteiger charge is 2.06. The summed E-state index contributed by atoms with van der Waals surface area (Å²) in [7, 11) is 0. The van der Waals surface area contributed by atoms with Gasteiger partial charge < -0.3 is 10.3 Å². The van der Waals surface area contributed by atoms with Crippen LogP contribution in [0.25, 0.3) is 0 Å². The van der Waals surface area contributed by atoms with Gasteiger partial charge in [0.1, 0.15) is 5.82 Å². The highest BCUT2D eigenvalue weighted by Crippen LogP contribution is 2.26. The van der Waals surface area contributed by atoms with Crippen molar-refractivity contribution in [1.29, 1.82) is 0 Å². The molecule has 0 spiro atoms. The highest BCUT2D eigenvalue weighted by atomic mass is 35.5. The van der Waals surface area contributed by atoms with E-state index in [0.29, 0.717) is 6.04 Å². The van der Waals surface area contributed by atoms with Crippen LogP contribution in [0.4, 0.5) is 0 Å². The molecule has 0 amide bonds. The van der Waals surface area contributed by atoms with E-state index >= 15 is 0 Å². The fraction of sp³-hybridized carbons (Fsp3) is 0.417. The smallest absolute Gasteiger partial charge is 0.106 e. The summed E-state index contributed by atoms with van der Waals surface area (Å²) in [5.74, 6) is 1.05. The Labute approximate surface area is 110 Å². The van der Waals surface area contributed by atoms with E-state index in [1.165, 1.54) is 4.88 Å². The fourth-order valence-corrected chi connectivity index (χ4v) is 2.76. The number of thiophene rings is 1. The zero-order chi connectivity index (χ0) is 12.1.